The van der Waals surface area contributed by atoms with Gasteiger partial charge in [0.25, 0.3) is 5.91 Å². The van der Waals surface area contributed by atoms with Gasteiger partial charge in [0.2, 0.25) is 0 Å². The lowest BCUT2D eigenvalue weighted by molar-refractivity contribution is 0.0637. The van der Waals surface area contributed by atoms with Crippen LogP contribution in [-0.4, -0.2) is 44.6 Å². The average Bonchev–Trinajstić information content (AvgIpc) is 3.37. The fourth-order valence-corrected chi connectivity index (χ4v) is 6.18. The van der Waals surface area contributed by atoms with Crippen molar-refractivity contribution in [3.8, 4) is 11.3 Å². The summed E-state index contributed by atoms with van der Waals surface area (Å²) in [5, 5.41) is 16.6. The van der Waals surface area contributed by atoms with Crippen molar-refractivity contribution in [3.05, 3.63) is 71.9 Å². The average molecular weight is 499 g/mol. The summed E-state index contributed by atoms with van der Waals surface area (Å²) in [6, 6.07) is 10.6. The number of aliphatic hydroxyl groups is 1. The van der Waals surface area contributed by atoms with Gasteiger partial charge in [-0.15, -0.1) is 0 Å². The Balaban J connectivity index is 1.17. The lowest BCUT2D eigenvalue weighted by Gasteiger charge is -2.27. The maximum absolute atomic E-state index is 13.6. The summed E-state index contributed by atoms with van der Waals surface area (Å²) in [6.07, 6.45) is 8.18. The van der Waals surface area contributed by atoms with Crippen LogP contribution in [0.1, 0.15) is 35.2 Å². The first kappa shape index (κ1) is 22.2. The molecule has 1 aromatic carbocycles. The highest BCUT2D eigenvalue weighted by atomic mass is 19.1. The van der Waals surface area contributed by atoms with Crippen LogP contribution in [-0.2, 0) is 6.54 Å². The molecular weight excluding hydrogens is 471 g/mol. The molecule has 9 heteroatoms. The van der Waals surface area contributed by atoms with Crippen LogP contribution in [0.5, 0.6) is 0 Å². The molecule has 2 bridgehead atoms. The Morgan fingerprint density at radius 1 is 1.08 bits per heavy atom. The minimum absolute atomic E-state index is 0.144. The van der Waals surface area contributed by atoms with E-state index in [2.05, 4.69) is 31.6 Å². The van der Waals surface area contributed by atoms with Gasteiger partial charge in [-0.05, 0) is 55.0 Å². The molecule has 8 rings (SSSR count). The second kappa shape index (κ2) is 8.55. The monoisotopic (exact) mass is 498 g/mol. The van der Waals surface area contributed by atoms with Gasteiger partial charge in [-0.25, -0.2) is 14.4 Å². The number of halogens is 1. The number of nitrogens with zero attached hydrogens (tertiary/aromatic N) is 4. The van der Waals surface area contributed by atoms with Crippen molar-refractivity contribution >= 4 is 28.7 Å². The third-order valence-corrected chi connectivity index (χ3v) is 8.09. The Bertz CT molecular complexity index is 1520. The van der Waals surface area contributed by atoms with E-state index < -0.39 is 0 Å². The van der Waals surface area contributed by atoms with Gasteiger partial charge in [-0.1, -0.05) is 6.07 Å². The van der Waals surface area contributed by atoms with Crippen molar-refractivity contribution in [2.45, 2.75) is 31.9 Å². The number of pyridine rings is 2. The Hall–Kier alpha value is -3.98. The molecule has 1 aliphatic carbocycles. The van der Waals surface area contributed by atoms with Gasteiger partial charge >= 0.3 is 0 Å². The zero-order chi connectivity index (χ0) is 25.1. The van der Waals surface area contributed by atoms with E-state index in [1.807, 2.05) is 28.8 Å². The topological polar surface area (TPSA) is 94.8 Å². The minimum Gasteiger partial charge on any atom is -0.393 e. The van der Waals surface area contributed by atoms with E-state index >= 15 is 0 Å². The molecule has 4 aromatic rings. The SMILES string of the molecule is O=C1NCc2c(-c3cnc4cc(F)ccn34)ccc(Nc3ccc(N4C[C@H]5CC[C@@H](C4)C(O)C5)cn3)c21. The van der Waals surface area contributed by atoms with Crippen molar-refractivity contribution in [2.24, 2.45) is 11.8 Å². The molecule has 188 valence electrons. The van der Waals surface area contributed by atoms with Gasteiger partial charge in [0.15, 0.2) is 0 Å². The van der Waals surface area contributed by atoms with Gasteiger partial charge in [-0.2, -0.15) is 0 Å². The third-order valence-electron chi connectivity index (χ3n) is 8.09. The molecule has 1 unspecified atom stereocenters. The van der Waals surface area contributed by atoms with Crippen molar-refractivity contribution in [2.75, 3.05) is 23.3 Å². The van der Waals surface area contributed by atoms with Crippen LogP contribution in [0, 0.1) is 17.7 Å². The Morgan fingerprint density at radius 3 is 2.84 bits per heavy atom. The molecule has 3 fully saturated rings. The number of anilines is 3. The van der Waals surface area contributed by atoms with Crippen molar-refractivity contribution < 1.29 is 14.3 Å². The van der Waals surface area contributed by atoms with E-state index in [1.165, 1.54) is 18.6 Å². The van der Waals surface area contributed by atoms with Crippen LogP contribution < -0.4 is 15.5 Å². The summed E-state index contributed by atoms with van der Waals surface area (Å²) in [4.78, 5) is 24.1. The van der Waals surface area contributed by atoms with E-state index in [-0.39, 0.29) is 17.8 Å². The Labute approximate surface area is 213 Å². The maximum Gasteiger partial charge on any atom is 0.254 e. The quantitative estimate of drug-likeness (QED) is 0.392. The summed E-state index contributed by atoms with van der Waals surface area (Å²) in [7, 11) is 0. The molecular formula is C28H27FN6O2. The van der Waals surface area contributed by atoms with Crippen LogP contribution in [0.4, 0.5) is 21.6 Å². The highest BCUT2D eigenvalue weighted by molar-refractivity contribution is 6.06. The molecule has 0 radical (unpaired) electrons. The molecule has 1 saturated carbocycles. The number of benzene rings is 1. The van der Waals surface area contributed by atoms with E-state index in [0.29, 0.717) is 41.1 Å². The molecule has 8 nitrogen and oxygen atoms in total. The van der Waals surface area contributed by atoms with E-state index in [9.17, 15) is 14.3 Å². The van der Waals surface area contributed by atoms with Gasteiger partial charge in [0.05, 0.1) is 41.1 Å². The van der Waals surface area contributed by atoms with Gasteiger partial charge in [0.1, 0.15) is 17.3 Å². The molecule has 3 atom stereocenters. The van der Waals surface area contributed by atoms with E-state index in [4.69, 9.17) is 0 Å². The number of hydrogen-bond donors (Lipinski definition) is 3. The molecule has 0 spiro atoms. The standard InChI is InChI=1S/C28H27FN6O2/c29-18-7-8-35-23(13-31-26(35)10-18)20-4-5-22(27-21(20)12-32-28(27)37)33-25-6-3-19(11-30-25)34-14-16-1-2-17(15-34)24(36)9-16/h3-8,10-11,13,16-17,24,36H,1-2,9,12,14-15H2,(H,30,33)(H,32,37)/t16-,17-,24?/m0/s1. The molecule has 1 amide bonds. The number of amides is 1. The smallest absolute Gasteiger partial charge is 0.254 e. The van der Waals surface area contributed by atoms with E-state index in [1.54, 1.807) is 12.4 Å². The number of fused-ring (bicyclic) bond motifs is 6. The third kappa shape index (κ3) is 3.81. The van der Waals surface area contributed by atoms with E-state index in [0.717, 1.165) is 48.4 Å². The fraction of sp³-hybridized carbons (Fsp3) is 0.321. The Kier molecular flexibility index (Phi) is 5.14. The van der Waals surface area contributed by atoms with Crippen molar-refractivity contribution in [1.82, 2.24) is 19.7 Å². The van der Waals surface area contributed by atoms with Crippen LogP contribution in [0.25, 0.3) is 16.9 Å². The van der Waals surface area contributed by atoms with Crippen molar-refractivity contribution in [3.63, 3.8) is 0 Å². The number of carbonyl (C=O) groups is 1. The predicted octanol–water partition coefficient (Wildman–Crippen LogP) is 4.12. The molecule has 3 N–H and O–H groups in total. The number of rotatable bonds is 4. The van der Waals surface area contributed by atoms with Gasteiger partial charge < -0.3 is 20.6 Å². The molecule has 37 heavy (non-hydrogen) atoms. The number of imidazole rings is 1. The summed E-state index contributed by atoms with van der Waals surface area (Å²) >= 11 is 0. The summed E-state index contributed by atoms with van der Waals surface area (Å²) in [5.74, 6) is 1.02. The molecule has 2 saturated heterocycles. The van der Waals surface area contributed by atoms with Crippen LogP contribution >= 0.6 is 0 Å². The van der Waals surface area contributed by atoms with Crippen LogP contribution in [0.3, 0.4) is 0 Å². The molecule has 6 heterocycles. The number of aromatic nitrogens is 3. The van der Waals surface area contributed by atoms with Gasteiger partial charge in [0, 0.05) is 43.4 Å². The maximum atomic E-state index is 13.6. The lowest BCUT2D eigenvalue weighted by Crippen LogP contribution is -2.31. The first-order valence-electron chi connectivity index (χ1n) is 12.8. The highest BCUT2D eigenvalue weighted by Gasteiger charge is 2.35. The Morgan fingerprint density at radius 2 is 2.00 bits per heavy atom. The molecule has 3 aliphatic heterocycles. The zero-order valence-electron chi connectivity index (χ0n) is 20.2. The van der Waals surface area contributed by atoms with Crippen LogP contribution in [0.15, 0.2) is 55.0 Å². The van der Waals surface area contributed by atoms with Crippen LogP contribution in [0.2, 0.25) is 0 Å². The molecule has 3 aromatic heterocycles. The largest absolute Gasteiger partial charge is 0.393 e. The number of nitrogens with one attached hydrogen (secondary N) is 2. The predicted molar refractivity (Wildman–Crippen MR) is 138 cm³/mol. The number of carbonyl (C=O) groups excluding carboxylic acids is 1. The minimum atomic E-state index is -0.342. The normalized spacial score (nSPS) is 22.7. The number of hydrogen-bond acceptors (Lipinski definition) is 6. The summed E-state index contributed by atoms with van der Waals surface area (Å²) < 4.78 is 15.5. The molecule has 4 aliphatic rings. The first-order valence-corrected chi connectivity index (χ1v) is 12.8. The van der Waals surface area contributed by atoms with Crippen molar-refractivity contribution in [1.29, 1.82) is 0 Å². The second-order valence-corrected chi connectivity index (χ2v) is 10.4. The first-order chi connectivity index (χ1) is 18.0. The highest BCUT2D eigenvalue weighted by Crippen LogP contribution is 2.37. The summed E-state index contributed by atoms with van der Waals surface area (Å²) in [6.45, 7) is 2.22. The number of aliphatic hydroxyl groups excluding tert-OH is 1. The second-order valence-electron chi connectivity index (χ2n) is 10.4. The van der Waals surface area contributed by atoms with Gasteiger partial charge in [-0.3, -0.25) is 9.20 Å². The lowest BCUT2D eigenvalue weighted by atomic mass is 9.82. The zero-order valence-corrected chi connectivity index (χ0v) is 20.2. The fourth-order valence-electron chi connectivity index (χ4n) is 6.18. The summed E-state index contributed by atoms with van der Waals surface area (Å²) in [5.41, 5.74) is 5.38.